The van der Waals surface area contributed by atoms with Crippen LogP contribution in [0.4, 0.5) is 11.4 Å². The number of aromatic nitrogens is 1. The summed E-state index contributed by atoms with van der Waals surface area (Å²) in [6.07, 6.45) is 5.04. The van der Waals surface area contributed by atoms with Crippen molar-refractivity contribution in [1.29, 1.82) is 0 Å². The minimum atomic E-state index is -0.440. The van der Waals surface area contributed by atoms with Gasteiger partial charge in [-0.1, -0.05) is 19.8 Å². The van der Waals surface area contributed by atoms with Crippen molar-refractivity contribution in [1.82, 2.24) is 4.98 Å². The molecule has 0 saturated heterocycles. The molecular weight excluding hydrogens is 254 g/mol. The van der Waals surface area contributed by atoms with E-state index in [-0.39, 0.29) is 0 Å². The van der Waals surface area contributed by atoms with Gasteiger partial charge in [-0.15, -0.1) is 0 Å². The number of nitrogens with two attached hydrogens (primary N) is 1. The summed E-state index contributed by atoms with van der Waals surface area (Å²) in [7, 11) is 2.09. The highest BCUT2D eigenvalue weighted by atomic mass is 16.4. The number of H-pyrrole nitrogens is 1. The average molecular weight is 275 g/mol. The Bertz CT molecular complexity index is 673. The zero-order valence-corrected chi connectivity index (χ0v) is 12.0. The first-order chi connectivity index (χ1) is 9.56. The van der Waals surface area contributed by atoms with Gasteiger partial charge in [0.1, 0.15) is 0 Å². The molecule has 1 heterocycles. The highest BCUT2D eigenvalue weighted by molar-refractivity contribution is 5.85. The molecule has 1 aliphatic carbocycles. The highest BCUT2D eigenvalue weighted by Gasteiger charge is 2.26. The molecule has 2 atom stereocenters. The lowest BCUT2D eigenvalue weighted by atomic mass is 9.85. The molecule has 1 aromatic heterocycles. The molecule has 5 nitrogen and oxygen atoms in total. The fraction of sp³-hybridized carbons (Fsp3) is 0.533. The molecule has 1 aliphatic rings. The van der Waals surface area contributed by atoms with Gasteiger partial charge in [-0.25, -0.2) is 4.79 Å². The van der Waals surface area contributed by atoms with E-state index < -0.39 is 5.76 Å². The molecule has 3 N–H and O–H groups in total. The van der Waals surface area contributed by atoms with E-state index in [0.29, 0.717) is 28.7 Å². The Morgan fingerprint density at radius 1 is 1.35 bits per heavy atom. The summed E-state index contributed by atoms with van der Waals surface area (Å²) in [5.74, 6) is 0.220. The Balaban J connectivity index is 1.99. The van der Waals surface area contributed by atoms with Crippen molar-refractivity contribution in [3.8, 4) is 0 Å². The second kappa shape index (κ2) is 4.89. The molecule has 20 heavy (non-hydrogen) atoms. The quantitative estimate of drug-likeness (QED) is 0.826. The van der Waals surface area contributed by atoms with Crippen LogP contribution in [-0.2, 0) is 0 Å². The Kier molecular flexibility index (Phi) is 3.20. The van der Waals surface area contributed by atoms with Gasteiger partial charge >= 0.3 is 5.76 Å². The van der Waals surface area contributed by atoms with Crippen molar-refractivity contribution < 1.29 is 4.42 Å². The van der Waals surface area contributed by atoms with Crippen LogP contribution in [0, 0.1) is 5.92 Å². The van der Waals surface area contributed by atoms with E-state index in [1.807, 2.05) is 6.07 Å². The van der Waals surface area contributed by atoms with E-state index in [9.17, 15) is 4.79 Å². The van der Waals surface area contributed by atoms with Gasteiger partial charge in [-0.2, -0.15) is 0 Å². The lowest BCUT2D eigenvalue weighted by Gasteiger charge is -2.38. The van der Waals surface area contributed by atoms with Crippen molar-refractivity contribution in [3.05, 3.63) is 22.7 Å². The molecule has 1 saturated carbocycles. The second-order valence-corrected chi connectivity index (χ2v) is 5.86. The van der Waals surface area contributed by atoms with E-state index in [1.165, 1.54) is 25.7 Å². The molecular formula is C15H21N3O2. The van der Waals surface area contributed by atoms with Crippen LogP contribution in [0.3, 0.4) is 0 Å². The minimum absolute atomic E-state index is 0.440. The number of fused-ring (bicyclic) bond motifs is 1. The van der Waals surface area contributed by atoms with E-state index in [4.69, 9.17) is 10.2 Å². The Morgan fingerprint density at radius 3 is 2.85 bits per heavy atom. The van der Waals surface area contributed by atoms with Gasteiger partial charge in [-0.3, -0.25) is 4.98 Å². The third-order valence-corrected chi connectivity index (χ3v) is 4.51. The number of benzene rings is 1. The Morgan fingerprint density at radius 2 is 2.10 bits per heavy atom. The van der Waals surface area contributed by atoms with E-state index in [0.717, 1.165) is 5.69 Å². The fourth-order valence-electron chi connectivity index (χ4n) is 3.36. The predicted molar refractivity (Wildman–Crippen MR) is 81.1 cm³/mol. The molecule has 3 rings (SSSR count). The second-order valence-electron chi connectivity index (χ2n) is 5.86. The van der Waals surface area contributed by atoms with Crippen molar-refractivity contribution in [2.24, 2.45) is 5.92 Å². The number of anilines is 2. The zero-order chi connectivity index (χ0) is 14.3. The van der Waals surface area contributed by atoms with E-state index >= 15 is 0 Å². The summed E-state index contributed by atoms with van der Waals surface area (Å²) in [6, 6.07) is 4.14. The van der Waals surface area contributed by atoms with Crippen LogP contribution in [0.5, 0.6) is 0 Å². The topological polar surface area (TPSA) is 75.3 Å². The van der Waals surface area contributed by atoms with Crippen molar-refractivity contribution in [2.75, 3.05) is 17.7 Å². The molecule has 1 fully saturated rings. The largest absolute Gasteiger partial charge is 0.417 e. The van der Waals surface area contributed by atoms with Gasteiger partial charge in [0.05, 0.1) is 16.9 Å². The number of nitrogen functional groups attached to an aromatic ring is 1. The van der Waals surface area contributed by atoms with Gasteiger partial charge in [0.15, 0.2) is 5.58 Å². The summed E-state index contributed by atoms with van der Waals surface area (Å²) < 4.78 is 5.04. The monoisotopic (exact) mass is 275 g/mol. The Hall–Kier alpha value is -1.91. The third-order valence-electron chi connectivity index (χ3n) is 4.51. The van der Waals surface area contributed by atoms with Gasteiger partial charge in [0.25, 0.3) is 0 Å². The maximum Gasteiger partial charge on any atom is 0.417 e. The summed E-state index contributed by atoms with van der Waals surface area (Å²) >= 11 is 0. The number of oxazole rings is 1. The normalized spacial score (nSPS) is 23.1. The Labute approximate surface area is 117 Å². The number of hydrogen-bond acceptors (Lipinski definition) is 4. The maximum absolute atomic E-state index is 11.3. The van der Waals surface area contributed by atoms with Gasteiger partial charge < -0.3 is 15.1 Å². The standard InChI is InChI=1S/C15H21N3O2/c1-9-5-3-4-6-12(9)18(2)13-8-11-14(7-10(13)16)20-15(19)17-11/h7-9,12H,3-6,16H2,1-2H3,(H,17,19). The van der Waals surface area contributed by atoms with E-state index in [2.05, 4.69) is 23.9 Å². The number of nitrogens with one attached hydrogen (secondary N) is 1. The SMILES string of the molecule is CC1CCCCC1N(C)c1cc2[nH]c(=O)oc2cc1N. The number of rotatable bonds is 2. The molecule has 1 aromatic carbocycles. The number of aromatic amines is 1. The van der Waals surface area contributed by atoms with Crippen LogP contribution < -0.4 is 16.4 Å². The molecule has 5 heteroatoms. The number of hydrogen-bond donors (Lipinski definition) is 2. The average Bonchev–Trinajstić information content (AvgIpc) is 2.76. The van der Waals surface area contributed by atoms with Crippen LogP contribution >= 0.6 is 0 Å². The summed E-state index contributed by atoms with van der Waals surface area (Å²) in [6.45, 7) is 2.30. The number of nitrogens with zero attached hydrogens (tertiary/aromatic N) is 1. The minimum Gasteiger partial charge on any atom is -0.408 e. The predicted octanol–water partition coefficient (Wildman–Crippen LogP) is 2.72. The summed E-state index contributed by atoms with van der Waals surface area (Å²) in [5, 5.41) is 0. The molecule has 0 bridgehead atoms. The molecule has 0 radical (unpaired) electrons. The first-order valence-corrected chi connectivity index (χ1v) is 7.21. The molecule has 0 spiro atoms. The smallest absolute Gasteiger partial charge is 0.408 e. The van der Waals surface area contributed by atoms with Gasteiger partial charge in [0, 0.05) is 19.2 Å². The van der Waals surface area contributed by atoms with Gasteiger partial charge in [0.2, 0.25) is 0 Å². The maximum atomic E-state index is 11.3. The van der Waals surface area contributed by atoms with Crippen molar-refractivity contribution >= 4 is 22.5 Å². The van der Waals surface area contributed by atoms with Crippen LogP contribution in [0.2, 0.25) is 0 Å². The van der Waals surface area contributed by atoms with E-state index in [1.54, 1.807) is 6.07 Å². The molecule has 2 aromatic rings. The van der Waals surface area contributed by atoms with Crippen LogP contribution in [0.1, 0.15) is 32.6 Å². The van der Waals surface area contributed by atoms with Crippen molar-refractivity contribution in [2.45, 2.75) is 38.6 Å². The van der Waals surface area contributed by atoms with Crippen molar-refractivity contribution in [3.63, 3.8) is 0 Å². The third kappa shape index (κ3) is 2.17. The highest BCUT2D eigenvalue weighted by Crippen LogP contribution is 2.34. The summed E-state index contributed by atoms with van der Waals surface area (Å²) in [4.78, 5) is 16.2. The summed E-state index contributed by atoms with van der Waals surface area (Å²) in [5.41, 5.74) is 8.97. The first-order valence-electron chi connectivity index (χ1n) is 7.21. The van der Waals surface area contributed by atoms with Crippen LogP contribution in [-0.4, -0.2) is 18.1 Å². The molecule has 2 unspecified atom stereocenters. The zero-order valence-electron chi connectivity index (χ0n) is 12.0. The lowest BCUT2D eigenvalue weighted by Crippen LogP contribution is -2.39. The lowest BCUT2D eigenvalue weighted by molar-refractivity contribution is 0.322. The van der Waals surface area contributed by atoms with Gasteiger partial charge in [-0.05, 0) is 24.8 Å². The molecule has 0 aliphatic heterocycles. The molecule has 108 valence electrons. The van der Waals surface area contributed by atoms with Crippen LogP contribution in [0.15, 0.2) is 21.3 Å². The van der Waals surface area contributed by atoms with Crippen LogP contribution in [0.25, 0.3) is 11.1 Å². The fourth-order valence-corrected chi connectivity index (χ4v) is 3.36. The molecule has 0 amide bonds. The first kappa shape index (κ1) is 13.1.